The number of nitrogens with zero attached hydrogens (tertiary/aromatic N) is 1. The lowest BCUT2D eigenvalue weighted by Gasteiger charge is -2.12. The molecule has 1 amide bonds. The Morgan fingerprint density at radius 1 is 1.09 bits per heavy atom. The topological polar surface area (TPSA) is 97.4 Å². The molecule has 0 aliphatic heterocycles. The Morgan fingerprint density at radius 3 is 2.56 bits per heavy atom. The number of carbonyl (C=O) groups is 1. The van der Waals surface area contributed by atoms with Gasteiger partial charge in [0.1, 0.15) is 17.1 Å². The number of hydrogen-bond donors (Lipinski definition) is 2. The molecule has 168 valence electrons. The molecule has 0 bridgehead atoms. The predicted molar refractivity (Wildman–Crippen MR) is 120 cm³/mol. The minimum atomic E-state index is -3.91. The summed E-state index contributed by atoms with van der Waals surface area (Å²) in [6, 6.07) is 14.0. The zero-order valence-corrected chi connectivity index (χ0v) is 18.5. The van der Waals surface area contributed by atoms with E-state index in [1.807, 2.05) is 0 Å². The molecular weight excluding hydrogens is 433 g/mol. The summed E-state index contributed by atoms with van der Waals surface area (Å²) in [4.78, 5) is 16.6. The SMILES string of the molecule is CC(C)CCNC(=O)c1cccnc1Oc1cccc(NS(=O)(=O)c2ccc(F)cc2)c1. The molecule has 9 heteroatoms. The van der Waals surface area contributed by atoms with Gasteiger partial charge in [0.2, 0.25) is 5.88 Å². The minimum absolute atomic E-state index is 0.0738. The van der Waals surface area contributed by atoms with Gasteiger partial charge >= 0.3 is 0 Å². The lowest BCUT2D eigenvalue weighted by atomic mass is 10.1. The van der Waals surface area contributed by atoms with Gasteiger partial charge in [-0.05, 0) is 60.9 Å². The average Bonchev–Trinajstić information content (AvgIpc) is 2.74. The van der Waals surface area contributed by atoms with Crippen LogP contribution in [-0.2, 0) is 10.0 Å². The van der Waals surface area contributed by atoms with Crippen molar-refractivity contribution in [2.75, 3.05) is 11.3 Å². The largest absolute Gasteiger partial charge is 0.438 e. The highest BCUT2D eigenvalue weighted by Crippen LogP contribution is 2.26. The molecule has 0 atom stereocenters. The number of ether oxygens (including phenoxy) is 1. The van der Waals surface area contributed by atoms with Gasteiger partial charge in [-0.1, -0.05) is 19.9 Å². The molecule has 3 rings (SSSR count). The smallest absolute Gasteiger partial charge is 0.261 e. The van der Waals surface area contributed by atoms with Crippen LogP contribution in [0.1, 0.15) is 30.6 Å². The van der Waals surface area contributed by atoms with Gasteiger partial charge in [-0.25, -0.2) is 17.8 Å². The predicted octanol–water partition coefficient (Wildman–Crippen LogP) is 4.59. The van der Waals surface area contributed by atoms with Crippen LogP contribution < -0.4 is 14.8 Å². The first-order chi connectivity index (χ1) is 15.2. The van der Waals surface area contributed by atoms with Crippen molar-refractivity contribution >= 4 is 21.6 Å². The van der Waals surface area contributed by atoms with Crippen molar-refractivity contribution < 1.29 is 22.3 Å². The van der Waals surface area contributed by atoms with Crippen LogP contribution in [0.25, 0.3) is 0 Å². The summed E-state index contributed by atoms with van der Waals surface area (Å²) in [5.41, 5.74) is 0.513. The molecule has 3 aromatic rings. The number of rotatable bonds is 9. The zero-order valence-electron chi connectivity index (χ0n) is 17.7. The van der Waals surface area contributed by atoms with E-state index in [0.717, 1.165) is 18.6 Å². The second-order valence-corrected chi connectivity index (χ2v) is 9.17. The van der Waals surface area contributed by atoms with Gasteiger partial charge in [-0.2, -0.15) is 0 Å². The van der Waals surface area contributed by atoms with Gasteiger partial charge in [0.15, 0.2) is 0 Å². The molecule has 0 unspecified atom stereocenters. The van der Waals surface area contributed by atoms with Crippen LogP contribution in [0.4, 0.5) is 10.1 Å². The fourth-order valence-electron chi connectivity index (χ4n) is 2.78. The van der Waals surface area contributed by atoms with Crippen LogP contribution >= 0.6 is 0 Å². The first-order valence-corrected chi connectivity index (χ1v) is 11.5. The first kappa shape index (κ1) is 23.2. The lowest BCUT2D eigenvalue weighted by molar-refractivity contribution is 0.0949. The molecular formula is C23H24FN3O4S. The summed E-state index contributed by atoms with van der Waals surface area (Å²) in [6.07, 6.45) is 2.35. The Labute approximate surface area is 186 Å². The van der Waals surface area contributed by atoms with Crippen molar-refractivity contribution in [2.45, 2.75) is 25.2 Å². The van der Waals surface area contributed by atoms with Gasteiger partial charge in [0.25, 0.3) is 15.9 Å². The van der Waals surface area contributed by atoms with E-state index in [4.69, 9.17) is 4.74 Å². The van der Waals surface area contributed by atoms with Crippen LogP contribution in [0.2, 0.25) is 0 Å². The van der Waals surface area contributed by atoms with E-state index in [2.05, 4.69) is 28.9 Å². The van der Waals surface area contributed by atoms with E-state index in [0.29, 0.717) is 18.2 Å². The van der Waals surface area contributed by atoms with E-state index in [1.165, 1.54) is 24.4 Å². The minimum Gasteiger partial charge on any atom is -0.438 e. The Bertz CT molecular complexity index is 1180. The molecule has 1 aromatic heterocycles. The van der Waals surface area contributed by atoms with Gasteiger partial charge < -0.3 is 10.1 Å². The van der Waals surface area contributed by atoms with Crippen LogP contribution in [-0.4, -0.2) is 25.9 Å². The average molecular weight is 458 g/mol. The van der Waals surface area contributed by atoms with Crippen molar-refractivity contribution in [1.82, 2.24) is 10.3 Å². The number of aromatic nitrogens is 1. The van der Waals surface area contributed by atoms with Gasteiger partial charge in [0.05, 0.1) is 10.6 Å². The van der Waals surface area contributed by atoms with Gasteiger partial charge in [0, 0.05) is 18.8 Å². The quantitative estimate of drug-likeness (QED) is 0.490. The fourth-order valence-corrected chi connectivity index (χ4v) is 3.83. The van der Waals surface area contributed by atoms with Crippen molar-refractivity contribution in [2.24, 2.45) is 5.92 Å². The molecule has 0 aliphatic carbocycles. The maximum atomic E-state index is 13.1. The summed E-state index contributed by atoms with van der Waals surface area (Å²) < 4.78 is 46.4. The van der Waals surface area contributed by atoms with Gasteiger partial charge in [-0.15, -0.1) is 0 Å². The van der Waals surface area contributed by atoms with Crippen molar-refractivity contribution in [1.29, 1.82) is 0 Å². The molecule has 32 heavy (non-hydrogen) atoms. The third kappa shape index (κ3) is 6.27. The number of benzene rings is 2. The van der Waals surface area contributed by atoms with Crippen LogP contribution in [0, 0.1) is 11.7 Å². The van der Waals surface area contributed by atoms with Crippen molar-refractivity contribution in [3.8, 4) is 11.6 Å². The monoisotopic (exact) mass is 457 g/mol. The highest BCUT2D eigenvalue weighted by Gasteiger charge is 2.16. The first-order valence-electron chi connectivity index (χ1n) is 10.0. The molecule has 0 fully saturated rings. The van der Waals surface area contributed by atoms with Crippen molar-refractivity contribution in [3.05, 3.63) is 78.2 Å². The van der Waals surface area contributed by atoms with E-state index in [-0.39, 0.29) is 27.9 Å². The normalized spacial score (nSPS) is 11.2. The molecule has 7 nitrogen and oxygen atoms in total. The molecule has 1 heterocycles. The number of sulfonamides is 1. The molecule has 0 radical (unpaired) electrons. The highest BCUT2D eigenvalue weighted by atomic mass is 32.2. The number of amides is 1. The summed E-state index contributed by atoms with van der Waals surface area (Å²) in [6.45, 7) is 4.68. The Morgan fingerprint density at radius 2 is 1.84 bits per heavy atom. The van der Waals surface area contributed by atoms with Crippen LogP contribution in [0.3, 0.4) is 0 Å². The molecule has 2 N–H and O–H groups in total. The van der Waals surface area contributed by atoms with Crippen molar-refractivity contribution in [3.63, 3.8) is 0 Å². The second kappa shape index (κ2) is 10.2. The molecule has 0 spiro atoms. The van der Waals surface area contributed by atoms with E-state index in [9.17, 15) is 17.6 Å². The fraction of sp³-hybridized carbons (Fsp3) is 0.217. The third-order valence-electron chi connectivity index (χ3n) is 4.45. The number of nitrogens with one attached hydrogen (secondary N) is 2. The maximum absolute atomic E-state index is 13.1. The Balaban J connectivity index is 1.75. The lowest BCUT2D eigenvalue weighted by Crippen LogP contribution is -2.25. The summed E-state index contributed by atoms with van der Waals surface area (Å²) in [5, 5.41) is 2.84. The Kier molecular flexibility index (Phi) is 7.42. The molecule has 0 saturated heterocycles. The van der Waals surface area contributed by atoms with E-state index in [1.54, 1.807) is 30.3 Å². The number of hydrogen-bond acceptors (Lipinski definition) is 5. The number of halogens is 1. The Hall–Kier alpha value is -3.46. The standard InChI is InChI=1S/C23H24FN3O4S/c1-16(2)12-14-25-22(28)21-7-4-13-26-23(21)31-19-6-3-5-18(15-19)27-32(29,30)20-10-8-17(24)9-11-20/h3-11,13,15-16,27H,12,14H2,1-2H3,(H,25,28). The van der Waals surface area contributed by atoms with Crippen LogP contribution in [0.15, 0.2) is 71.8 Å². The van der Waals surface area contributed by atoms with E-state index >= 15 is 0 Å². The molecule has 0 aliphatic rings. The summed E-state index contributed by atoms with van der Waals surface area (Å²) in [5.74, 6) is 0.0225. The summed E-state index contributed by atoms with van der Waals surface area (Å²) in [7, 11) is -3.91. The molecule has 0 saturated carbocycles. The second-order valence-electron chi connectivity index (χ2n) is 7.48. The summed E-state index contributed by atoms with van der Waals surface area (Å²) >= 11 is 0. The maximum Gasteiger partial charge on any atom is 0.261 e. The zero-order chi connectivity index (χ0) is 23.1. The molecule has 2 aromatic carbocycles. The number of pyridine rings is 1. The third-order valence-corrected chi connectivity index (χ3v) is 5.84. The van der Waals surface area contributed by atoms with Crippen LogP contribution in [0.5, 0.6) is 11.6 Å². The number of anilines is 1. The highest BCUT2D eigenvalue weighted by molar-refractivity contribution is 7.92. The van der Waals surface area contributed by atoms with Gasteiger partial charge in [-0.3, -0.25) is 9.52 Å². The van der Waals surface area contributed by atoms with E-state index < -0.39 is 15.8 Å². The number of carbonyl (C=O) groups excluding carboxylic acids is 1.